The first-order chi connectivity index (χ1) is 12.7. The largest absolute Gasteiger partial charge is 0.486 e. The third-order valence-corrected chi connectivity index (χ3v) is 4.87. The first-order valence-corrected chi connectivity index (χ1v) is 8.97. The molecular weight excluding hydrogens is 352 g/mol. The number of H-pyrrole nitrogens is 2. The summed E-state index contributed by atoms with van der Waals surface area (Å²) >= 11 is 1.51. The van der Waals surface area contributed by atoms with Crippen LogP contribution in [0.25, 0.3) is 22.3 Å². The zero-order valence-electron chi connectivity index (χ0n) is 13.5. The average molecular weight is 366 g/mol. The summed E-state index contributed by atoms with van der Waals surface area (Å²) in [5, 5.41) is 6.05. The Bertz CT molecular complexity index is 1160. The molecule has 7 nitrogen and oxygen atoms in total. The van der Waals surface area contributed by atoms with Gasteiger partial charge in [-0.15, -0.1) is 11.3 Å². The molecule has 0 radical (unpaired) electrons. The number of ether oxygens (including phenoxy) is 2. The number of nitrogens with one attached hydrogen (secondary N) is 3. The van der Waals surface area contributed by atoms with E-state index in [0.29, 0.717) is 13.2 Å². The summed E-state index contributed by atoms with van der Waals surface area (Å²) in [6.45, 7) is 1.13. The van der Waals surface area contributed by atoms with Crippen LogP contribution in [-0.2, 0) is 0 Å². The molecule has 8 heteroatoms. The molecule has 5 rings (SSSR count). The maximum absolute atomic E-state index is 11.4. The summed E-state index contributed by atoms with van der Waals surface area (Å²) in [6.07, 6.45) is 0. The number of aromatic amines is 2. The van der Waals surface area contributed by atoms with Crippen molar-refractivity contribution in [2.24, 2.45) is 0 Å². The van der Waals surface area contributed by atoms with Crippen LogP contribution >= 0.6 is 11.3 Å². The molecule has 0 atom stereocenters. The number of imidazole rings is 1. The molecule has 0 amide bonds. The minimum atomic E-state index is -0.212. The van der Waals surface area contributed by atoms with Gasteiger partial charge in [0.25, 0.3) is 0 Å². The number of thiazole rings is 1. The molecule has 0 spiro atoms. The first kappa shape index (κ1) is 15.0. The average Bonchev–Trinajstić information content (AvgIpc) is 3.26. The molecule has 3 N–H and O–H groups in total. The summed E-state index contributed by atoms with van der Waals surface area (Å²) in [5.41, 5.74) is 4.01. The molecule has 4 aromatic rings. The Morgan fingerprint density at radius 2 is 1.85 bits per heavy atom. The van der Waals surface area contributed by atoms with Crippen molar-refractivity contribution in [2.75, 3.05) is 18.5 Å². The quantitative estimate of drug-likeness (QED) is 0.516. The van der Waals surface area contributed by atoms with Crippen molar-refractivity contribution in [2.45, 2.75) is 0 Å². The van der Waals surface area contributed by atoms with E-state index in [9.17, 15) is 4.79 Å². The van der Waals surface area contributed by atoms with Gasteiger partial charge in [0, 0.05) is 22.7 Å². The van der Waals surface area contributed by atoms with Gasteiger partial charge in [0.2, 0.25) is 0 Å². The summed E-state index contributed by atoms with van der Waals surface area (Å²) < 4.78 is 11.1. The van der Waals surface area contributed by atoms with E-state index in [0.717, 1.165) is 44.6 Å². The number of anilines is 2. The van der Waals surface area contributed by atoms with Crippen LogP contribution in [0.5, 0.6) is 11.5 Å². The van der Waals surface area contributed by atoms with Crippen LogP contribution in [0.3, 0.4) is 0 Å². The predicted molar refractivity (Wildman–Crippen MR) is 101 cm³/mol. The van der Waals surface area contributed by atoms with Crippen molar-refractivity contribution in [3.63, 3.8) is 0 Å². The van der Waals surface area contributed by atoms with Gasteiger partial charge in [-0.05, 0) is 24.3 Å². The van der Waals surface area contributed by atoms with E-state index in [2.05, 4.69) is 20.3 Å². The molecular formula is C18H14N4O3S. The SMILES string of the molecule is O=c1[nH]c2ccc(-c3csc(Nc4ccc5c(c4)OCCO5)n3)cc2[nH]1. The lowest BCUT2D eigenvalue weighted by atomic mass is 10.1. The lowest BCUT2D eigenvalue weighted by molar-refractivity contribution is 0.171. The Labute approximate surface area is 151 Å². The van der Waals surface area contributed by atoms with Crippen LogP contribution in [0.4, 0.5) is 10.8 Å². The Morgan fingerprint density at radius 1 is 1.00 bits per heavy atom. The van der Waals surface area contributed by atoms with Crippen molar-refractivity contribution in [3.05, 3.63) is 52.3 Å². The van der Waals surface area contributed by atoms with Gasteiger partial charge in [0.15, 0.2) is 16.6 Å². The van der Waals surface area contributed by atoms with Crippen LogP contribution in [0.15, 0.2) is 46.6 Å². The van der Waals surface area contributed by atoms with Crippen LogP contribution in [0.2, 0.25) is 0 Å². The fourth-order valence-corrected chi connectivity index (χ4v) is 3.64. The lowest BCUT2D eigenvalue weighted by Crippen LogP contribution is -2.15. The van der Waals surface area contributed by atoms with Gasteiger partial charge >= 0.3 is 5.69 Å². The van der Waals surface area contributed by atoms with E-state index < -0.39 is 0 Å². The minimum Gasteiger partial charge on any atom is -0.486 e. The van der Waals surface area contributed by atoms with E-state index in [1.54, 1.807) is 0 Å². The Hall–Kier alpha value is -3.26. The van der Waals surface area contributed by atoms with Crippen molar-refractivity contribution in [1.82, 2.24) is 15.0 Å². The lowest BCUT2D eigenvalue weighted by Gasteiger charge is -2.18. The molecule has 3 heterocycles. The molecule has 0 bridgehead atoms. The second-order valence-electron chi connectivity index (χ2n) is 5.86. The fraction of sp³-hybridized carbons (Fsp3) is 0.111. The van der Waals surface area contributed by atoms with Gasteiger partial charge in [0.05, 0.1) is 16.7 Å². The summed E-state index contributed by atoms with van der Waals surface area (Å²) in [6, 6.07) is 11.5. The van der Waals surface area contributed by atoms with E-state index >= 15 is 0 Å². The highest BCUT2D eigenvalue weighted by Crippen LogP contribution is 2.34. The third kappa shape index (κ3) is 2.70. The zero-order valence-corrected chi connectivity index (χ0v) is 14.4. The summed E-state index contributed by atoms with van der Waals surface area (Å²) in [4.78, 5) is 21.5. The van der Waals surface area contributed by atoms with Gasteiger partial charge in [-0.1, -0.05) is 6.07 Å². The van der Waals surface area contributed by atoms with Crippen molar-refractivity contribution in [1.29, 1.82) is 0 Å². The standard InChI is InChI=1S/C18H14N4O3S/c23-17-20-12-3-1-10(7-13(12)21-17)14-9-26-18(22-14)19-11-2-4-15-16(8-11)25-6-5-24-15/h1-4,7-9H,5-6H2,(H,19,22)(H2,20,21,23). The maximum atomic E-state index is 11.4. The molecule has 0 saturated heterocycles. The van der Waals surface area contributed by atoms with Crippen LogP contribution in [0, 0.1) is 0 Å². The number of fused-ring (bicyclic) bond motifs is 2. The maximum Gasteiger partial charge on any atom is 0.323 e. The number of benzene rings is 2. The second kappa shape index (κ2) is 5.92. The zero-order chi connectivity index (χ0) is 17.5. The topological polar surface area (TPSA) is 92.0 Å². The Balaban J connectivity index is 1.41. The van der Waals surface area contributed by atoms with Crippen LogP contribution < -0.4 is 20.5 Å². The molecule has 0 saturated carbocycles. The number of aromatic nitrogens is 3. The molecule has 2 aromatic carbocycles. The third-order valence-electron chi connectivity index (χ3n) is 4.11. The van der Waals surface area contributed by atoms with Crippen molar-refractivity contribution >= 4 is 33.2 Å². The van der Waals surface area contributed by atoms with E-state index in [4.69, 9.17) is 9.47 Å². The Kier molecular flexibility index (Phi) is 3.42. The summed E-state index contributed by atoms with van der Waals surface area (Å²) in [5.74, 6) is 1.50. The normalized spacial score (nSPS) is 13.1. The second-order valence-corrected chi connectivity index (χ2v) is 6.72. The molecule has 0 fully saturated rings. The van der Waals surface area contributed by atoms with E-state index in [1.807, 2.05) is 41.8 Å². The first-order valence-electron chi connectivity index (χ1n) is 8.09. The molecule has 1 aliphatic heterocycles. The summed E-state index contributed by atoms with van der Waals surface area (Å²) in [7, 11) is 0. The monoisotopic (exact) mass is 366 g/mol. The molecule has 130 valence electrons. The highest BCUT2D eigenvalue weighted by Gasteiger charge is 2.13. The van der Waals surface area contributed by atoms with Crippen LogP contribution in [-0.4, -0.2) is 28.2 Å². The van der Waals surface area contributed by atoms with E-state index in [-0.39, 0.29) is 5.69 Å². The fourth-order valence-electron chi connectivity index (χ4n) is 2.90. The van der Waals surface area contributed by atoms with Gasteiger partial charge in [-0.25, -0.2) is 9.78 Å². The molecule has 0 unspecified atom stereocenters. The minimum absolute atomic E-state index is 0.212. The molecule has 0 aliphatic carbocycles. The van der Waals surface area contributed by atoms with Crippen molar-refractivity contribution in [3.8, 4) is 22.8 Å². The van der Waals surface area contributed by atoms with Gasteiger partial charge in [-0.2, -0.15) is 0 Å². The van der Waals surface area contributed by atoms with Gasteiger partial charge in [0.1, 0.15) is 13.2 Å². The smallest absolute Gasteiger partial charge is 0.323 e. The number of nitrogens with zero attached hydrogens (tertiary/aromatic N) is 1. The number of rotatable bonds is 3. The Morgan fingerprint density at radius 3 is 2.77 bits per heavy atom. The highest BCUT2D eigenvalue weighted by atomic mass is 32.1. The van der Waals surface area contributed by atoms with Gasteiger partial charge in [-0.3, -0.25) is 0 Å². The van der Waals surface area contributed by atoms with Crippen LogP contribution in [0.1, 0.15) is 0 Å². The number of hydrogen-bond donors (Lipinski definition) is 3. The highest BCUT2D eigenvalue weighted by molar-refractivity contribution is 7.14. The molecule has 2 aromatic heterocycles. The number of hydrogen-bond acceptors (Lipinski definition) is 6. The molecule has 1 aliphatic rings. The van der Waals surface area contributed by atoms with Crippen molar-refractivity contribution < 1.29 is 9.47 Å². The predicted octanol–water partition coefficient (Wildman–Crippen LogP) is 3.49. The van der Waals surface area contributed by atoms with Gasteiger partial charge < -0.3 is 24.8 Å². The molecule has 26 heavy (non-hydrogen) atoms. The van der Waals surface area contributed by atoms with E-state index in [1.165, 1.54) is 11.3 Å².